The zero-order chi connectivity index (χ0) is 13.7. The topological polar surface area (TPSA) is 38.5 Å². The van der Waals surface area contributed by atoms with Crippen molar-refractivity contribution in [2.24, 2.45) is 11.7 Å². The van der Waals surface area contributed by atoms with Crippen molar-refractivity contribution in [2.45, 2.75) is 25.8 Å². The Hall–Kier alpha value is -0.900. The lowest BCUT2D eigenvalue weighted by Gasteiger charge is -2.38. The van der Waals surface area contributed by atoms with Gasteiger partial charge in [0.1, 0.15) is 0 Å². The van der Waals surface area contributed by atoms with E-state index in [9.17, 15) is 0 Å². The van der Waals surface area contributed by atoms with Crippen molar-refractivity contribution in [3.05, 3.63) is 35.4 Å². The Morgan fingerprint density at radius 1 is 1.37 bits per heavy atom. The van der Waals surface area contributed by atoms with Gasteiger partial charge in [-0.2, -0.15) is 0 Å². The van der Waals surface area contributed by atoms with Crippen LogP contribution >= 0.6 is 0 Å². The molecular weight excluding hydrogens is 236 g/mol. The van der Waals surface area contributed by atoms with Gasteiger partial charge in [0.2, 0.25) is 0 Å². The van der Waals surface area contributed by atoms with Crippen molar-refractivity contribution in [1.82, 2.24) is 4.90 Å². The summed E-state index contributed by atoms with van der Waals surface area (Å²) in [6.45, 7) is 5.92. The van der Waals surface area contributed by atoms with E-state index in [2.05, 4.69) is 36.1 Å². The van der Waals surface area contributed by atoms with Crippen LogP contribution in [-0.2, 0) is 4.74 Å². The normalized spacial score (nSPS) is 22.4. The number of nitrogens with two attached hydrogens (primary N) is 1. The summed E-state index contributed by atoms with van der Waals surface area (Å²) in [7, 11) is 1.79. The molecule has 2 atom stereocenters. The molecule has 0 saturated carbocycles. The largest absolute Gasteiger partial charge is 0.384 e. The highest BCUT2D eigenvalue weighted by Crippen LogP contribution is 2.26. The standard InChI is InChI=1S/C16H26N2O/c1-13-5-7-15(8-6-13)16(10-17)18-9-3-4-14(11-18)12-19-2/h5-8,14,16H,3-4,9-12,17H2,1-2H3. The summed E-state index contributed by atoms with van der Waals surface area (Å²) < 4.78 is 5.31. The van der Waals surface area contributed by atoms with Gasteiger partial charge in [-0.05, 0) is 37.8 Å². The molecule has 19 heavy (non-hydrogen) atoms. The van der Waals surface area contributed by atoms with Crippen LogP contribution in [0.15, 0.2) is 24.3 Å². The summed E-state index contributed by atoms with van der Waals surface area (Å²) in [5.41, 5.74) is 8.66. The molecule has 0 bridgehead atoms. The minimum atomic E-state index is 0.347. The van der Waals surface area contributed by atoms with Crippen LogP contribution in [0.4, 0.5) is 0 Å². The van der Waals surface area contributed by atoms with Crippen molar-refractivity contribution in [1.29, 1.82) is 0 Å². The van der Waals surface area contributed by atoms with Gasteiger partial charge < -0.3 is 10.5 Å². The first-order valence-electron chi connectivity index (χ1n) is 7.24. The molecule has 106 valence electrons. The van der Waals surface area contributed by atoms with Crippen LogP contribution in [0.2, 0.25) is 0 Å². The van der Waals surface area contributed by atoms with E-state index < -0.39 is 0 Å². The molecule has 2 N–H and O–H groups in total. The molecule has 1 aromatic carbocycles. The Morgan fingerprint density at radius 3 is 2.74 bits per heavy atom. The predicted octanol–water partition coefficient (Wildman–Crippen LogP) is 2.35. The predicted molar refractivity (Wildman–Crippen MR) is 79.1 cm³/mol. The maximum atomic E-state index is 6.02. The molecule has 3 nitrogen and oxygen atoms in total. The molecule has 0 aromatic heterocycles. The molecule has 2 unspecified atom stereocenters. The lowest BCUT2D eigenvalue weighted by molar-refractivity contribution is 0.0697. The number of nitrogens with zero attached hydrogens (tertiary/aromatic N) is 1. The summed E-state index contributed by atoms with van der Waals surface area (Å²) in [6.07, 6.45) is 2.52. The number of methoxy groups -OCH3 is 1. The molecule has 1 aliphatic rings. The van der Waals surface area contributed by atoms with Crippen molar-refractivity contribution in [3.63, 3.8) is 0 Å². The fourth-order valence-corrected chi connectivity index (χ4v) is 3.04. The molecule has 0 aliphatic carbocycles. The first kappa shape index (κ1) is 14.5. The van der Waals surface area contributed by atoms with Gasteiger partial charge >= 0.3 is 0 Å². The number of ether oxygens (including phenoxy) is 1. The molecule has 0 amide bonds. The fourth-order valence-electron chi connectivity index (χ4n) is 3.04. The van der Waals surface area contributed by atoms with Crippen LogP contribution in [0.5, 0.6) is 0 Å². The Balaban J connectivity index is 2.06. The number of hydrogen-bond donors (Lipinski definition) is 1. The first-order chi connectivity index (χ1) is 9.24. The van der Waals surface area contributed by atoms with E-state index >= 15 is 0 Å². The van der Waals surface area contributed by atoms with E-state index in [1.807, 2.05) is 0 Å². The van der Waals surface area contributed by atoms with E-state index in [1.165, 1.54) is 24.0 Å². The van der Waals surface area contributed by atoms with E-state index in [-0.39, 0.29) is 0 Å². The number of rotatable bonds is 5. The van der Waals surface area contributed by atoms with E-state index in [0.29, 0.717) is 18.5 Å². The van der Waals surface area contributed by atoms with Crippen LogP contribution < -0.4 is 5.73 Å². The van der Waals surface area contributed by atoms with Crippen LogP contribution in [0, 0.1) is 12.8 Å². The first-order valence-corrected chi connectivity index (χ1v) is 7.24. The Labute approximate surface area is 116 Å². The molecular formula is C16H26N2O. The Morgan fingerprint density at radius 2 is 2.11 bits per heavy atom. The lowest BCUT2D eigenvalue weighted by Crippen LogP contribution is -2.42. The van der Waals surface area contributed by atoms with Gasteiger partial charge in [-0.3, -0.25) is 4.90 Å². The Bertz CT molecular complexity index is 375. The SMILES string of the molecule is COCC1CCCN(C(CN)c2ccc(C)cc2)C1. The van der Waals surface area contributed by atoms with Gasteiger partial charge in [0.25, 0.3) is 0 Å². The molecule has 0 radical (unpaired) electrons. The average molecular weight is 262 g/mol. The number of aryl methyl sites for hydroxylation is 1. The second-order valence-corrected chi connectivity index (χ2v) is 5.62. The third kappa shape index (κ3) is 3.78. The number of likely N-dealkylation sites (tertiary alicyclic amines) is 1. The summed E-state index contributed by atoms with van der Waals surface area (Å²) in [4.78, 5) is 2.53. The highest BCUT2D eigenvalue weighted by molar-refractivity contribution is 5.24. The summed E-state index contributed by atoms with van der Waals surface area (Å²) in [5.74, 6) is 0.651. The van der Waals surface area contributed by atoms with Crippen LogP contribution in [0.1, 0.15) is 30.0 Å². The molecule has 1 aromatic rings. The maximum Gasteiger partial charge on any atom is 0.0502 e. The van der Waals surface area contributed by atoms with Gasteiger partial charge in [0.15, 0.2) is 0 Å². The molecule has 3 heteroatoms. The lowest BCUT2D eigenvalue weighted by atomic mass is 9.95. The van der Waals surface area contributed by atoms with Gasteiger partial charge in [-0.1, -0.05) is 29.8 Å². The third-order valence-electron chi connectivity index (χ3n) is 4.08. The van der Waals surface area contributed by atoms with Crippen LogP contribution in [-0.4, -0.2) is 38.3 Å². The second kappa shape index (κ2) is 7.04. The Kier molecular flexibility index (Phi) is 5.37. The highest BCUT2D eigenvalue weighted by Gasteiger charge is 2.25. The minimum absolute atomic E-state index is 0.347. The van der Waals surface area contributed by atoms with Crippen LogP contribution in [0.3, 0.4) is 0 Å². The summed E-state index contributed by atoms with van der Waals surface area (Å²) in [5, 5.41) is 0. The fraction of sp³-hybridized carbons (Fsp3) is 0.625. The number of hydrogen-bond acceptors (Lipinski definition) is 3. The minimum Gasteiger partial charge on any atom is -0.384 e. The van der Waals surface area contributed by atoms with Crippen molar-refractivity contribution in [3.8, 4) is 0 Å². The zero-order valence-electron chi connectivity index (χ0n) is 12.1. The quantitative estimate of drug-likeness (QED) is 0.885. The smallest absolute Gasteiger partial charge is 0.0502 e. The maximum absolute atomic E-state index is 6.02. The van der Waals surface area contributed by atoms with Crippen molar-refractivity contribution >= 4 is 0 Å². The van der Waals surface area contributed by atoms with E-state index in [1.54, 1.807) is 7.11 Å². The second-order valence-electron chi connectivity index (χ2n) is 5.62. The molecule has 2 rings (SSSR count). The van der Waals surface area contributed by atoms with Crippen molar-refractivity contribution < 1.29 is 4.74 Å². The van der Waals surface area contributed by atoms with Gasteiger partial charge in [0, 0.05) is 26.2 Å². The molecule has 1 heterocycles. The molecule has 1 fully saturated rings. The third-order valence-corrected chi connectivity index (χ3v) is 4.08. The van der Waals surface area contributed by atoms with Crippen molar-refractivity contribution in [2.75, 3.05) is 33.4 Å². The average Bonchev–Trinajstić information content (AvgIpc) is 2.43. The van der Waals surface area contributed by atoms with E-state index in [0.717, 1.165) is 19.7 Å². The van der Waals surface area contributed by atoms with Gasteiger partial charge in [-0.15, -0.1) is 0 Å². The molecule has 0 spiro atoms. The number of benzene rings is 1. The summed E-state index contributed by atoms with van der Waals surface area (Å²) in [6, 6.07) is 9.13. The molecule has 1 saturated heterocycles. The zero-order valence-corrected chi connectivity index (χ0v) is 12.1. The van der Waals surface area contributed by atoms with Crippen LogP contribution in [0.25, 0.3) is 0 Å². The summed E-state index contributed by atoms with van der Waals surface area (Å²) >= 11 is 0. The van der Waals surface area contributed by atoms with Gasteiger partial charge in [-0.25, -0.2) is 0 Å². The highest BCUT2D eigenvalue weighted by atomic mass is 16.5. The number of piperidine rings is 1. The van der Waals surface area contributed by atoms with E-state index in [4.69, 9.17) is 10.5 Å². The molecule has 1 aliphatic heterocycles. The monoisotopic (exact) mass is 262 g/mol. The van der Waals surface area contributed by atoms with Gasteiger partial charge in [0.05, 0.1) is 6.61 Å².